The molecule has 2 heteroatoms. The molecule has 0 radical (unpaired) electrons. The number of likely N-dealkylation sites (tertiary alicyclic amines) is 1. The summed E-state index contributed by atoms with van der Waals surface area (Å²) in [5.41, 5.74) is 0.611. The molecule has 0 bridgehead atoms. The topological polar surface area (TPSA) is 15.3 Å². The van der Waals surface area contributed by atoms with Crippen molar-refractivity contribution in [2.45, 2.75) is 56.7 Å². The Balaban J connectivity index is 1.52. The molecule has 0 aromatic rings. The maximum Gasteiger partial charge on any atom is 0.0209 e. The lowest BCUT2D eigenvalue weighted by atomic mass is 10.2. The van der Waals surface area contributed by atoms with Crippen LogP contribution in [0, 0.1) is 0 Å². The van der Waals surface area contributed by atoms with Crippen LogP contribution in [0.1, 0.15) is 39.0 Å². The summed E-state index contributed by atoms with van der Waals surface area (Å²) in [4.78, 5) is 2.70. The molecule has 74 valence electrons. The first-order valence-corrected chi connectivity index (χ1v) is 5.77. The summed E-state index contributed by atoms with van der Waals surface area (Å²) >= 11 is 0. The van der Waals surface area contributed by atoms with Gasteiger partial charge in [-0.15, -0.1) is 0 Å². The second-order valence-corrected chi connectivity index (χ2v) is 5.37. The summed E-state index contributed by atoms with van der Waals surface area (Å²) in [6, 6.07) is 1.70. The molecule has 0 amide bonds. The van der Waals surface area contributed by atoms with Crippen LogP contribution in [0.5, 0.6) is 0 Å². The molecule has 0 aromatic heterocycles. The van der Waals surface area contributed by atoms with E-state index in [1.807, 2.05) is 0 Å². The van der Waals surface area contributed by atoms with E-state index in [0.717, 1.165) is 12.1 Å². The third-order valence-corrected chi connectivity index (χ3v) is 3.97. The largest absolute Gasteiger partial charge is 0.310 e. The average molecular weight is 180 g/mol. The highest BCUT2D eigenvalue weighted by atomic mass is 15.3. The zero-order chi connectivity index (χ0) is 8.89. The fraction of sp³-hybridized carbons (Fsp3) is 1.00. The predicted octanol–water partition coefficient (Wildman–Crippen LogP) is 1.37. The standard InChI is InChI=1S/C11H20N2/c1-11(5-6-11)13-7-4-10(8-13)12-9-2-3-9/h9-10,12H,2-8H2,1H3. The number of rotatable bonds is 3. The molecule has 1 atom stereocenters. The molecular formula is C11H20N2. The molecule has 2 nitrogen and oxygen atoms in total. The van der Waals surface area contributed by atoms with E-state index in [1.165, 1.54) is 45.2 Å². The average Bonchev–Trinajstić information content (AvgIpc) is 2.97. The van der Waals surface area contributed by atoms with E-state index in [2.05, 4.69) is 17.1 Å². The lowest BCUT2D eigenvalue weighted by Gasteiger charge is -2.23. The van der Waals surface area contributed by atoms with Crippen LogP contribution in [-0.2, 0) is 0 Å². The predicted molar refractivity (Wildman–Crippen MR) is 53.8 cm³/mol. The lowest BCUT2D eigenvalue weighted by molar-refractivity contribution is 0.233. The Morgan fingerprint density at radius 1 is 1.15 bits per heavy atom. The molecule has 13 heavy (non-hydrogen) atoms. The van der Waals surface area contributed by atoms with Gasteiger partial charge in [0.1, 0.15) is 0 Å². The molecule has 3 fully saturated rings. The quantitative estimate of drug-likeness (QED) is 0.705. The zero-order valence-corrected chi connectivity index (χ0v) is 8.55. The molecule has 1 aliphatic heterocycles. The van der Waals surface area contributed by atoms with Crippen molar-refractivity contribution >= 4 is 0 Å². The van der Waals surface area contributed by atoms with Gasteiger partial charge in [-0.05, 0) is 39.0 Å². The Kier molecular flexibility index (Phi) is 1.72. The van der Waals surface area contributed by atoms with Crippen LogP contribution in [0.4, 0.5) is 0 Å². The summed E-state index contributed by atoms with van der Waals surface area (Å²) in [7, 11) is 0. The van der Waals surface area contributed by atoms with Crippen LogP contribution in [-0.4, -0.2) is 35.6 Å². The molecule has 3 rings (SSSR count). The third-order valence-electron chi connectivity index (χ3n) is 3.97. The Morgan fingerprint density at radius 3 is 2.54 bits per heavy atom. The maximum absolute atomic E-state index is 3.74. The highest BCUT2D eigenvalue weighted by Crippen LogP contribution is 2.42. The van der Waals surface area contributed by atoms with Gasteiger partial charge in [0.25, 0.3) is 0 Å². The van der Waals surface area contributed by atoms with Gasteiger partial charge in [-0.3, -0.25) is 4.90 Å². The first-order valence-electron chi connectivity index (χ1n) is 5.77. The maximum atomic E-state index is 3.74. The molecule has 3 aliphatic rings. The van der Waals surface area contributed by atoms with Gasteiger partial charge in [-0.25, -0.2) is 0 Å². The number of nitrogens with zero attached hydrogens (tertiary/aromatic N) is 1. The lowest BCUT2D eigenvalue weighted by Crippen LogP contribution is -2.38. The van der Waals surface area contributed by atoms with Gasteiger partial charge < -0.3 is 5.32 Å². The van der Waals surface area contributed by atoms with E-state index >= 15 is 0 Å². The van der Waals surface area contributed by atoms with Gasteiger partial charge in [0.2, 0.25) is 0 Å². The minimum Gasteiger partial charge on any atom is -0.310 e. The molecule has 0 aromatic carbocycles. The van der Waals surface area contributed by atoms with E-state index in [9.17, 15) is 0 Å². The first-order chi connectivity index (χ1) is 6.26. The second-order valence-electron chi connectivity index (χ2n) is 5.37. The monoisotopic (exact) mass is 180 g/mol. The number of hydrogen-bond donors (Lipinski definition) is 1. The normalized spacial score (nSPS) is 38.1. The molecule has 1 heterocycles. The van der Waals surface area contributed by atoms with Crippen LogP contribution < -0.4 is 5.32 Å². The Hall–Kier alpha value is -0.0800. The second kappa shape index (κ2) is 2.71. The van der Waals surface area contributed by atoms with Crippen LogP contribution in [0.25, 0.3) is 0 Å². The SMILES string of the molecule is CC1(N2CCC(NC3CC3)C2)CC1. The Labute approximate surface area is 80.7 Å². The van der Waals surface area contributed by atoms with Crippen molar-refractivity contribution in [1.29, 1.82) is 0 Å². The highest BCUT2D eigenvalue weighted by molar-refractivity contribution is 5.03. The smallest absolute Gasteiger partial charge is 0.0209 e. The molecule has 1 N–H and O–H groups in total. The minimum atomic E-state index is 0.611. The van der Waals surface area contributed by atoms with E-state index in [1.54, 1.807) is 0 Å². The fourth-order valence-electron chi connectivity index (χ4n) is 2.47. The molecule has 2 aliphatic carbocycles. The summed E-state index contributed by atoms with van der Waals surface area (Å²) in [5.74, 6) is 0. The molecule has 1 unspecified atom stereocenters. The Bertz CT molecular complexity index is 206. The van der Waals surface area contributed by atoms with E-state index in [0.29, 0.717) is 5.54 Å². The van der Waals surface area contributed by atoms with Crippen molar-refractivity contribution in [3.63, 3.8) is 0 Å². The molecule has 1 saturated heterocycles. The van der Waals surface area contributed by atoms with E-state index in [4.69, 9.17) is 0 Å². The van der Waals surface area contributed by atoms with E-state index < -0.39 is 0 Å². The highest BCUT2D eigenvalue weighted by Gasteiger charge is 2.46. The summed E-state index contributed by atoms with van der Waals surface area (Å²) in [5, 5.41) is 3.74. The number of nitrogens with one attached hydrogen (secondary N) is 1. The van der Waals surface area contributed by atoms with Crippen molar-refractivity contribution in [3.8, 4) is 0 Å². The molecule has 0 spiro atoms. The number of hydrogen-bond acceptors (Lipinski definition) is 2. The minimum absolute atomic E-state index is 0.611. The van der Waals surface area contributed by atoms with Gasteiger partial charge in [-0.1, -0.05) is 0 Å². The summed E-state index contributed by atoms with van der Waals surface area (Å²) < 4.78 is 0. The van der Waals surface area contributed by atoms with Gasteiger partial charge in [-0.2, -0.15) is 0 Å². The van der Waals surface area contributed by atoms with Gasteiger partial charge in [0, 0.05) is 30.7 Å². The summed E-state index contributed by atoms with van der Waals surface area (Å²) in [6.45, 7) is 5.07. The third kappa shape index (κ3) is 1.62. The van der Waals surface area contributed by atoms with Crippen molar-refractivity contribution < 1.29 is 0 Å². The van der Waals surface area contributed by atoms with Crippen molar-refractivity contribution in [1.82, 2.24) is 10.2 Å². The van der Waals surface area contributed by atoms with Gasteiger partial charge in [0.05, 0.1) is 0 Å². The van der Waals surface area contributed by atoms with Crippen molar-refractivity contribution in [3.05, 3.63) is 0 Å². The van der Waals surface area contributed by atoms with Crippen LogP contribution >= 0.6 is 0 Å². The Morgan fingerprint density at radius 2 is 1.92 bits per heavy atom. The molecular weight excluding hydrogens is 160 g/mol. The van der Waals surface area contributed by atoms with Crippen LogP contribution in [0.2, 0.25) is 0 Å². The van der Waals surface area contributed by atoms with Crippen molar-refractivity contribution in [2.75, 3.05) is 13.1 Å². The zero-order valence-electron chi connectivity index (χ0n) is 8.55. The van der Waals surface area contributed by atoms with Gasteiger partial charge >= 0.3 is 0 Å². The first kappa shape index (κ1) is 8.25. The van der Waals surface area contributed by atoms with Crippen molar-refractivity contribution in [2.24, 2.45) is 0 Å². The fourth-order valence-corrected chi connectivity index (χ4v) is 2.47. The van der Waals surface area contributed by atoms with Gasteiger partial charge in [0.15, 0.2) is 0 Å². The van der Waals surface area contributed by atoms with Crippen LogP contribution in [0.15, 0.2) is 0 Å². The summed E-state index contributed by atoms with van der Waals surface area (Å²) in [6.07, 6.45) is 7.10. The van der Waals surface area contributed by atoms with E-state index in [-0.39, 0.29) is 0 Å². The molecule has 2 saturated carbocycles. The van der Waals surface area contributed by atoms with Crippen LogP contribution in [0.3, 0.4) is 0 Å².